The summed E-state index contributed by atoms with van der Waals surface area (Å²) in [4.78, 5) is 0. The van der Waals surface area contributed by atoms with Gasteiger partial charge < -0.3 is 20.4 Å². The first kappa shape index (κ1) is 18.0. The summed E-state index contributed by atoms with van der Waals surface area (Å²) in [5.41, 5.74) is 0. The second kappa shape index (κ2) is 7.49. The highest BCUT2D eigenvalue weighted by molar-refractivity contribution is 5.86. The summed E-state index contributed by atoms with van der Waals surface area (Å²) < 4.78 is 0. The van der Waals surface area contributed by atoms with Crippen LogP contribution in [0.5, 0.6) is 23.0 Å². The van der Waals surface area contributed by atoms with Crippen LogP contribution in [0.2, 0.25) is 0 Å². The topological polar surface area (TPSA) is 80.9 Å². The molecule has 0 bridgehead atoms. The Morgan fingerprint density at radius 3 is 0.800 bits per heavy atom. The standard InChI is InChI=1S/2C10H8O2.BH3/c2*11-9-5-7-3-1-2-4-8(7)6-10(9)12;/h2*1-6,11-12H;1H3. The van der Waals surface area contributed by atoms with Gasteiger partial charge in [0.15, 0.2) is 23.0 Å². The fourth-order valence-electron chi connectivity index (χ4n) is 2.43. The molecule has 4 rings (SSSR count). The van der Waals surface area contributed by atoms with E-state index in [1.807, 2.05) is 48.5 Å². The Morgan fingerprint density at radius 1 is 0.400 bits per heavy atom. The highest BCUT2D eigenvalue weighted by Gasteiger charge is 2.00. The first-order valence-electron chi connectivity index (χ1n) is 7.36. The Balaban J connectivity index is 0.000000173. The lowest BCUT2D eigenvalue weighted by Crippen LogP contribution is -1.72. The predicted molar refractivity (Wildman–Crippen MR) is 104 cm³/mol. The quantitative estimate of drug-likeness (QED) is 0.294. The molecule has 0 heterocycles. The zero-order valence-electron chi connectivity index (χ0n) is 12.7. The Labute approximate surface area is 146 Å². The van der Waals surface area contributed by atoms with Crippen molar-refractivity contribution in [2.24, 2.45) is 0 Å². The smallest absolute Gasteiger partial charge is 0.158 e. The molecule has 0 aliphatic heterocycles. The fraction of sp³-hybridized carbons (Fsp3) is 0. The fourth-order valence-corrected chi connectivity index (χ4v) is 2.43. The molecule has 0 saturated heterocycles. The summed E-state index contributed by atoms with van der Waals surface area (Å²) in [6, 6.07) is 21.3. The van der Waals surface area contributed by atoms with Crippen molar-refractivity contribution in [2.75, 3.05) is 0 Å². The number of aromatic hydroxyl groups is 4. The van der Waals surface area contributed by atoms with Gasteiger partial charge in [0.25, 0.3) is 0 Å². The van der Waals surface area contributed by atoms with Crippen molar-refractivity contribution in [3.05, 3.63) is 72.8 Å². The molecule has 0 aromatic heterocycles. The van der Waals surface area contributed by atoms with Gasteiger partial charge in [0.05, 0.1) is 8.41 Å². The van der Waals surface area contributed by atoms with E-state index in [0.717, 1.165) is 21.5 Å². The van der Waals surface area contributed by atoms with Crippen molar-refractivity contribution in [1.82, 2.24) is 0 Å². The van der Waals surface area contributed by atoms with E-state index in [1.54, 1.807) is 24.3 Å². The zero-order valence-corrected chi connectivity index (χ0v) is 12.7. The van der Waals surface area contributed by atoms with Crippen LogP contribution in [-0.2, 0) is 0 Å². The molecule has 0 fully saturated rings. The summed E-state index contributed by atoms with van der Waals surface area (Å²) in [6.07, 6.45) is 0. The van der Waals surface area contributed by atoms with Gasteiger partial charge in [-0.25, -0.2) is 0 Å². The molecular weight excluding hydrogens is 315 g/mol. The van der Waals surface area contributed by atoms with E-state index < -0.39 is 0 Å². The lowest BCUT2D eigenvalue weighted by Gasteiger charge is -2.00. The molecule has 4 nitrogen and oxygen atoms in total. The minimum absolute atomic E-state index is 0. The first-order valence-corrected chi connectivity index (χ1v) is 7.36. The van der Waals surface area contributed by atoms with Crippen molar-refractivity contribution >= 4 is 30.0 Å². The van der Waals surface area contributed by atoms with Gasteiger partial charge in [-0.15, -0.1) is 0 Å². The average Bonchev–Trinajstić information content (AvgIpc) is 2.57. The van der Waals surface area contributed by atoms with Crippen LogP contribution in [0.1, 0.15) is 0 Å². The van der Waals surface area contributed by atoms with Crippen LogP contribution in [0.25, 0.3) is 21.5 Å². The van der Waals surface area contributed by atoms with Crippen molar-refractivity contribution in [1.29, 1.82) is 0 Å². The molecule has 0 unspecified atom stereocenters. The van der Waals surface area contributed by atoms with Gasteiger partial charge in [-0.1, -0.05) is 48.5 Å². The number of hydrogen-bond acceptors (Lipinski definition) is 4. The van der Waals surface area contributed by atoms with Gasteiger partial charge in [0.1, 0.15) is 0 Å². The highest BCUT2D eigenvalue weighted by atomic mass is 16.3. The van der Waals surface area contributed by atoms with Gasteiger partial charge in [-0.2, -0.15) is 0 Å². The molecular formula is C20H19BO4. The maximum absolute atomic E-state index is 9.17. The van der Waals surface area contributed by atoms with Crippen LogP contribution >= 0.6 is 0 Å². The van der Waals surface area contributed by atoms with Crippen molar-refractivity contribution in [3.63, 3.8) is 0 Å². The molecule has 4 aromatic rings. The van der Waals surface area contributed by atoms with Crippen molar-refractivity contribution in [3.8, 4) is 23.0 Å². The molecule has 0 aliphatic carbocycles. The van der Waals surface area contributed by atoms with Crippen LogP contribution in [0.4, 0.5) is 0 Å². The van der Waals surface area contributed by atoms with Gasteiger partial charge in [0.2, 0.25) is 0 Å². The third-order valence-electron chi connectivity index (χ3n) is 3.69. The van der Waals surface area contributed by atoms with Crippen LogP contribution in [0.15, 0.2) is 72.8 Å². The monoisotopic (exact) mass is 334 g/mol. The molecule has 0 spiro atoms. The number of rotatable bonds is 0. The third-order valence-corrected chi connectivity index (χ3v) is 3.69. The predicted octanol–water partition coefficient (Wildman–Crippen LogP) is 3.32. The summed E-state index contributed by atoms with van der Waals surface area (Å²) in [5, 5.41) is 40.4. The van der Waals surface area contributed by atoms with E-state index in [4.69, 9.17) is 20.4 Å². The minimum atomic E-state index is -0.0753. The normalized spacial score (nSPS) is 9.92. The molecule has 4 N–H and O–H groups in total. The van der Waals surface area contributed by atoms with Gasteiger partial charge in [0, 0.05) is 0 Å². The number of phenols is 4. The lowest BCUT2D eigenvalue weighted by atomic mass is 10.1. The van der Waals surface area contributed by atoms with Crippen LogP contribution in [-0.4, -0.2) is 28.8 Å². The van der Waals surface area contributed by atoms with Crippen LogP contribution < -0.4 is 0 Å². The Kier molecular flexibility index (Phi) is 5.40. The molecule has 0 radical (unpaired) electrons. The second-order valence-corrected chi connectivity index (χ2v) is 5.38. The number of phenolic OH excluding ortho intramolecular Hbond substituents is 4. The molecule has 0 aliphatic rings. The largest absolute Gasteiger partial charge is 0.504 e. The maximum atomic E-state index is 9.17. The lowest BCUT2D eigenvalue weighted by molar-refractivity contribution is 0.405. The molecule has 25 heavy (non-hydrogen) atoms. The highest BCUT2D eigenvalue weighted by Crippen LogP contribution is 2.30. The molecule has 126 valence electrons. The molecule has 0 atom stereocenters. The Morgan fingerprint density at radius 2 is 0.600 bits per heavy atom. The second-order valence-electron chi connectivity index (χ2n) is 5.38. The van der Waals surface area contributed by atoms with Crippen LogP contribution in [0.3, 0.4) is 0 Å². The van der Waals surface area contributed by atoms with E-state index in [9.17, 15) is 0 Å². The number of hydrogen-bond donors (Lipinski definition) is 4. The average molecular weight is 334 g/mol. The molecule has 4 aromatic carbocycles. The van der Waals surface area contributed by atoms with E-state index in [1.165, 1.54) is 0 Å². The van der Waals surface area contributed by atoms with Gasteiger partial charge >= 0.3 is 0 Å². The molecule has 0 amide bonds. The Bertz CT molecular complexity index is 851. The molecule has 5 heteroatoms. The summed E-state index contributed by atoms with van der Waals surface area (Å²) in [6.45, 7) is 0. The van der Waals surface area contributed by atoms with Crippen molar-refractivity contribution < 1.29 is 20.4 Å². The first-order chi connectivity index (χ1) is 11.5. The summed E-state index contributed by atoms with van der Waals surface area (Å²) >= 11 is 0. The third kappa shape index (κ3) is 3.95. The number of fused-ring (bicyclic) bond motifs is 2. The van der Waals surface area contributed by atoms with E-state index >= 15 is 0 Å². The number of benzene rings is 4. The van der Waals surface area contributed by atoms with Crippen molar-refractivity contribution in [2.45, 2.75) is 0 Å². The van der Waals surface area contributed by atoms with E-state index in [-0.39, 0.29) is 31.4 Å². The molecule has 0 saturated carbocycles. The zero-order chi connectivity index (χ0) is 17.1. The SMILES string of the molecule is B.Oc1cc2ccccc2cc1O.Oc1cc2ccccc2cc1O. The van der Waals surface area contributed by atoms with E-state index in [0.29, 0.717) is 0 Å². The summed E-state index contributed by atoms with van der Waals surface area (Å²) in [7, 11) is 0. The van der Waals surface area contributed by atoms with Crippen LogP contribution in [0, 0.1) is 0 Å². The minimum Gasteiger partial charge on any atom is -0.504 e. The van der Waals surface area contributed by atoms with E-state index in [2.05, 4.69) is 0 Å². The Hall–Kier alpha value is -3.34. The van der Waals surface area contributed by atoms with Gasteiger partial charge in [-0.3, -0.25) is 0 Å². The van der Waals surface area contributed by atoms with Gasteiger partial charge in [-0.05, 0) is 45.8 Å². The maximum Gasteiger partial charge on any atom is 0.158 e. The summed E-state index contributed by atoms with van der Waals surface area (Å²) in [5.74, 6) is -0.301.